The van der Waals surface area contributed by atoms with E-state index < -0.39 is 10.8 Å². The first-order chi connectivity index (χ1) is 13.6. The molecule has 2 aromatic heterocycles. The van der Waals surface area contributed by atoms with Crippen molar-refractivity contribution in [1.29, 1.82) is 0 Å². The number of nitrogens with zero attached hydrogens (tertiary/aromatic N) is 4. The number of nitrogens with one attached hydrogen (secondary N) is 1. The summed E-state index contributed by atoms with van der Waals surface area (Å²) in [5.41, 5.74) is 5.90. The molecule has 0 radical (unpaired) electrons. The highest BCUT2D eigenvalue weighted by Crippen LogP contribution is 2.57. The van der Waals surface area contributed by atoms with Crippen molar-refractivity contribution in [2.24, 2.45) is 16.2 Å². The van der Waals surface area contributed by atoms with E-state index >= 15 is 0 Å². The van der Waals surface area contributed by atoms with E-state index in [0.717, 1.165) is 24.4 Å². The van der Waals surface area contributed by atoms with Gasteiger partial charge < -0.3 is 10.3 Å². The molecule has 8 heteroatoms. The zero-order valence-corrected chi connectivity index (χ0v) is 17.5. The average molecular weight is 396 g/mol. The molecule has 3 atom stereocenters. The summed E-state index contributed by atoms with van der Waals surface area (Å²) < 4.78 is 2.04. The molecule has 1 unspecified atom stereocenters. The van der Waals surface area contributed by atoms with Gasteiger partial charge in [-0.15, -0.1) is 0 Å². The minimum Gasteiger partial charge on any atom is -0.382 e. The number of hydrogen-bond acceptors (Lipinski definition) is 6. The highest BCUT2D eigenvalue weighted by Gasteiger charge is 2.58. The standard InChI is InChI=1S/C21H28N6O2/c1-5-8-27-13(25-14-15(22)23-12-24-16(14)27)6-7-19(2)9-20(3)11-21(4,10-19)18(29)26-17(20)28/h6-7,12H,5,8-11H2,1-4H3,(H2,22,23,24)(H,26,28,29)/b7-6+/t19?,20-,21+. The lowest BCUT2D eigenvalue weighted by atomic mass is 9.52. The lowest BCUT2D eigenvalue weighted by Gasteiger charge is -2.53. The third-order valence-corrected chi connectivity index (χ3v) is 6.36. The van der Waals surface area contributed by atoms with Crippen LogP contribution in [-0.2, 0) is 16.1 Å². The molecule has 154 valence electrons. The zero-order chi connectivity index (χ0) is 21.0. The summed E-state index contributed by atoms with van der Waals surface area (Å²) in [5, 5.41) is 2.58. The highest BCUT2D eigenvalue weighted by molar-refractivity contribution is 6.03. The number of fused-ring (bicyclic) bond motifs is 3. The Balaban J connectivity index is 1.74. The third-order valence-electron chi connectivity index (χ3n) is 6.36. The Labute approximate surface area is 170 Å². The molecule has 0 spiro atoms. The summed E-state index contributed by atoms with van der Waals surface area (Å²) >= 11 is 0. The van der Waals surface area contributed by atoms with Crippen molar-refractivity contribution in [3.05, 3.63) is 18.2 Å². The molecule has 8 nitrogen and oxygen atoms in total. The maximum atomic E-state index is 12.5. The van der Waals surface area contributed by atoms with Crippen LogP contribution in [0.3, 0.4) is 0 Å². The van der Waals surface area contributed by atoms with Crippen LogP contribution >= 0.6 is 0 Å². The number of hydrogen-bond donors (Lipinski definition) is 2. The van der Waals surface area contributed by atoms with Crippen molar-refractivity contribution >= 4 is 34.9 Å². The Hall–Kier alpha value is -2.77. The molecule has 4 rings (SSSR count). The molecule has 0 aromatic carbocycles. The molecular formula is C21H28N6O2. The minimum atomic E-state index is -0.556. The molecule has 2 fully saturated rings. The van der Waals surface area contributed by atoms with Crippen LogP contribution in [-0.4, -0.2) is 31.3 Å². The number of piperidine rings is 1. The summed E-state index contributed by atoms with van der Waals surface area (Å²) in [6, 6.07) is 0. The summed E-state index contributed by atoms with van der Waals surface area (Å²) in [6.45, 7) is 8.90. The molecule has 2 amide bonds. The van der Waals surface area contributed by atoms with Gasteiger partial charge in [-0.2, -0.15) is 0 Å². The van der Waals surface area contributed by atoms with Crippen molar-refractivity contribution in [2.45, 2.75) is 59.9 Å². The molecular weight excluding hydrogens is 368 g/mol. The fourth-order valence-electron chi connectivity index (χ4n) is 5.49. The number of aryl methyl sites for hydroxylation is 1. The number of imidazole rings is 1. The molecule has 1 saturated heterocycles. The summed E-state index contributed by atoms with van der Waals surface area (Å²) in [4.78, 5) is 38.1. The summed E-state index contributed by atoms with van der Waals surface area (Å²) in [6.07, 6.45) is 8.42. The van der Waals surface area contributed by atoms with Gasteiger partial charge in [-0.1, -0.05) is 33.8 Å². The van der Waals surface area contributed by atoms with Gasteiger partial charge in [0.25, 0.3) is 0 Å². The Kier molecular flexibility index (Phi) is 4.29. The number of aromatic nitrogens is 4. The predicted molar refractivity (Wildman–Crippen MR) is 110 cm³/mol. The summed E-state index contributed by atoms with van der Waals surface area (Å²) in [7, 11) is 0. The van der Waals surface area contributed by atoms with E-state index in [4.69, 9.17) is 5.73 Å². The first-order valence-electron chi connectivity index (χ1n) is 10.1. The molecule has 1 aliphatic carbocycles. The van der Waals surface area contributed by atoms with Crippen LogP contribution in [0.5, 0.6) is 0 Å². The minimum absolute atomic E-state index is 0.166. The number of allylic oxidation sites excluding steroid dienone is 1. The number of nitrogen functional groups attached to an aromatic ring is 1. The van der Waals surface area contributed by atoms with Crippen molar-refractivity contribution in [3.63, 3.8) is 0 Å². The van der Waals surface area contributed by atoms with Crippen molar-refractivity contribution < 1.29 is 9.59 Å². The fourth-order valence-corrected chi connectivity index (χ4v) is 5.49. The Morgan fingerprint density at radius 1 is 1.14 bits per heavy atom. The van der Waals surface area contributed by atoms with Gasteiger partial charge in [-0.3, -0.25) is 14.9 Å². The van der Waals surface area contributed by atoms with E-state index in [0.29, 0.717) is 30.6 Å². The molecule has 29 heavy (non-hydrogen) atoms. The van der Waals surface area contributed by atoms with Crippen LogP contribution in [0.2, 0.25) is 0 Å². The van der Waals surface area contributed by atoms with Gasteiger partial charge in [0.2, 0.25) is 11.8 Å². The highest BCUT2D eigenvalue weighted by atomic mass is 16.2. The maximum absolute atomic E-state index is 12.5. The molecule has 1 saturated carbocycles. The van der Waals surface area contributed by atoms with E-state index in [-0.39, 0.29) is 17.2 Å². The smallest absolute Gasteiger partial charge is 0.232 e. The molecule has 2 aromatic rings. The second kappa shape index (κ2) is 6.37. The second-order valence-electron chi connectivity index (χ2n) is 9.48. The van der Waals surface area contributed by atoms with Crippen LogP contribution in [0.15, 0.2) is 12.4 Å². The van der Waals surface area contributed by atoms with Crippen LogP contribution in [0.25, 0.3) is 17.2 Å². The summed E-state index contributed by atoms with van der Waals surface area (Å²) in [5.74, 6) is 0.790. The first kappa shape index (κ1) is 19.5. The van der Waals surface area contributed by atoms with Crippen LogP contribution < -0.4 is 11.1 Å². The number of anilines is 1. The van der Waals surface area contributed by atoms with Crippen LogP contribution in [0.4, 0.5) is 5.82 Å². The SMILES string of the molecule is CCCn1c(/C=C/C2(C)C[C@@]3(C)C[C@@](C)(C2)C(=O)NC3=O)nc2c(N)ncnc21. The van der Waals surface area contributed by atoms with Gasteiger partial charge >= 0.3 is 0 Å². The van der Waals surface area contributed by atoms with Crippen LogP contribution in [0.1, 0.15) is 59.2 Å². The topological polar surface area (TPSA) is 116 Å². The predicted octanol–water partition coefficient (Wildman–Crippen LogP) is 2.69. The Morgan fingerprint density at radius 3 is 2.41 bits per heavy atom. The van der Waals surface area contributed by atoms with Gasteiger partial charge in [0.15, 0.2) is 17.0 Å². The van der Waals surface area contributed by atoms with Gasteiger partial charge in [0.1, 0.15) is 12.2 Å². The van der Waals surface area contributed by atoms with Crippen molar-refractivity contribution in [1.82, 2.24) is 24.8 Å². The molecule has 3 heterocycles. The Morgan fingerprint density at radius 2 is 1.79 bits per heavy atom. The molecule has 2 bridgehead atoms. The third kappa shape index (κ3) is 3.10. The van der Waals surface area contributed by atoms with Gasteiger partial charge in [0.05, 0.1) is 0 Å². The normalized spacial score (nSPS) is 32.1. The van der Waals surface area contributed by atoms with E-state index in [2.05, 4.69) is 40.2 Å². The lowest BCUT2D eigenvalue weighted by molar-refractivity contribution is -0.159. The van der Waals surface area contributed by atoms with Gasteiger partial charge in [0, 0.05) is 17.4 Å². The molecule has 2 aliphatic rings. The number of carbonyl (C=O) groups is 2. The number of carbonyl (C=O) groups excluding carboxylic acids is 2. The van der Waals surface area contributed by atoms with E-state index in [1.807, 2.05) is 24.5 Å². The van der Waals surface area contributed by atoms with Crippen LogP contribution in [0, 0.1) is 16.2 Å². The van der Waals surface area contributed by atoms with Gasteiger partial charge in [-0.25, -0.2) is 15.0 Å². The number of nitrogens with two attached hydrogens (primary N) is 1. The van der Waals surface area contributed by atoms with E-state index in [1.165, 1.54) is 6.33 Å². The van der Waals surface area contributed by atoms with E-state index in [1.54, 1.807) is 0 Å². The van der Waals surface area contributed by atoms with Crippen molar-refractivity contribution in [2.75, 3.05) is 5.73 Å². The Bertz CT molecular complexity index is 1010. The second-order valence-corrected chi connectivity index (χ2v) is 9.48. The average Bonchev–Trinajstić information content (AvgIpc) is 2.98. The zero-order valence-electron chi connectivity index (χ0n) is 17.5. The quantitative estimate of drug-likeness (QED) is 0.768. The monoisotopic (exact) mass is 396 g/mol. The van der Waals surface area contributed by atoms with Gasteiger partial charge in [-0.05, 0) is 37.2 Å². The number of imide groups is 1. The lowest BCUT2D eigenvalue weighted by Crippen LogP contribution is -2.61. The largest absolute Gasteiger partial charge is 0.382 e. The van der Waals surface area contributed by atoms with E-state index in [9.17, 15) is 9.59 Å². The van der Waals surface area contributed by atoms with Crippen molar-refractivity contribution in [3.8, 4) is 0 Å². The number of rotatable bonds is 4. The molecule has 1 aliphatic heterocycles. The molecule has 3 N–H and O–H groups in total. The fraction of sp³-hybridized carbons (Fsp3) is 0.571. The first-order valence-corrected chi connectivity index (χ1v) is 10.1. The number of amides is 2. The maximum Gasteiger partial charge on any atom is 0.232 e.